The zero-order valence-corrected chi connectivity index (χ0v) is 24.4. The lowest BCUT2D eigenvalue weighted by molar-refractivity contribution is -0.141. The number of fused-ring (bicyclic) bond motifs is 1. The third kappa shape index (κ3) is 7.08. The number of imide groups is 1. The monoisotopic (exact) mass is 585 g/mol. The molecule has 7 nitrogen and oxygen atoms in total. The smallest absolute Gasteiger partial charge is 0.261 e. The normalized spacial score (nSPS) is 15.8. The molecule has 3 aromatic carbocycles. The van der Waals surface area contributed by atoms with Crippen LogP contribution in [0, 0.1) is 0 Å². The van der Waals surface area contributed by atoms with Gasteiger partial charge in [-0.3, -0.25) is 24.1 Å². The van der Waals surface area contributed by atoms with E-state index in [2.05, 4.69) is 5.32 Å². The van der Waals surface area contributed by atoms with Gasteiger partial charge in [0.25, 0.3) is 11.8 Å². The summed E-state index contributed by atoms with van der Waals surface area (Å²) in [7, 11) is 0. The number of halogens is 1. The van der Waals surface area contributed by atoms with Gasteiger partial charge in [0.2, 0.25) is 11.8 Å². The molecule has 5 rings (SSSR count). The molecule has 1 heterocycles. The van der Waals surface area contributed by atoms with Crippen molar-refractivity contribution in [3.05, 3.63) is 106 Å². The van der Waals surface area contributed by atoms with Crippen molar-refractivity contribution in [3.8, 4) is 0 Å². The quantitative estimate of drug-likeness (QED) is 0.288. The first kappa shape index (κ1) is 29.5. The summed E-state index contributed by atoms with van der Waals surface area (Å²) in [6, 6.07) is 23.1. The van der Waals surface area contributed by atoms with E-state index in [0.29, 0.717) is 29.0 Å². The van der Waals surface area contributed by atoms with Crippen LogP contribution in [0.4, 0.5) is 0 Å². The highest BCUT2D eigenvalue weighted by Gasteiger charge is 2.36. The lowest BCUT2D eigenvalue weighted by atomic mass is 9.94. The van der Waals surface area contributed by atoms with Crippen molar-refractivity contribution in [2.75, 3.05) is 6.54 Å². The predicted octanol–water partition coefficient (Wildman–Crippen LogP) is 5.81. The summed E-state index contributed by atoms with van der Waals surface area (Å²) < 4.78 is 0. The minimum absolute atomic E-state index is 0.0793. The maximum absolute atomic E-state index is 13.9. The van der Waals surface area contributed by atoms with E-state index < -0.39 is 6.04 Å². The van der Waals surface area contributed by atoms with E-state index in [4.69, 9.17) is 11.6 Å². The molecule has 218 valence electrons. The van der Waals surface area contributed by atoms with Crippen LogP contribution in [0.25, 0.3) is 0 Å². The molecule has 1 aliphatic carbocycles. The van der Waals surface area contributed by atoms with Crippen LogP contribution < -0.4 is 5.32 Å². The van der Waals surface area contributed by atoms with E-state index >= 15 is 0 Å². The van der Waals surface area contributed by atoms with E-state index in [1.54, 1.807) is 41.3 Å². The molecule has 1 saturated carbocycles. The van der Waals surface area contributed by atoms with Crippen LogP contribution in [-0.2, 0) is 22.6 Å². The number of nitrogens with one attached hydrogen (secondary N) is 1. The topological polar surface area (TPSA) is 86.8 Å². The molecule has 0 aromatic heterocycles. The second kappa shape index (κ2) is 13.8. The van der Waals surface area contributed by atoms with Crippen LogP contribution in [0.5, 0.6) is 0 Å². The van der Waals surface area contributed by atoms with Gasteiger partial charge in [-0.05, 0) is 54.7 Å². The molecule has 0 saturated heterocycles. The van der Waals surface area contributed by atoms with Gasteiger partial charge in [0.15, 0.2) is 0 Å². The molecule has 2 aliphatic rings. The summed E-state index contributed by atoms with van der Waals surface area (Å²) in [5.74, 6) is -1.06. The lowest BCUT2D eigenvalue weighted by Crippen LogP contribution is -2.52. The van der Waals surface area contributed by atoms with Crippen LogP contribution in [-0.4, -0.2) is 52.1 Å². The fraction of sp³-hybridized carbons (Fsp3) is 0.353. The molecule has 3 aromatic rings. The second-order valence-corrected chi connectivity index (χ2v) is 11.5. The van der Waals surface area contributed by atoms with Crippen molar-refractivity contribution < 1.29 is 19.2 Å². The van der Waals surface area contributed by atoms with Gasteiger partial charge in [0.05, 0.1) is 11.1 Å². The van der Waals surface area contributed by atoms with Crippen molar-refractivity contribution in [2.45, 2.75) is 70.0 Å². The fourth-order valence-electron chi connectivity index (χ4n) is 5.90. The molecule has 8 heteroatoms. The van der Waals surface area contributed by atoms with Gasteiger partial charge in [-0.15, -0.1) is 0 Å². The first-order valence-electron chi connectivity index (χ1n) is 14.7. The van der Waals surface area contributed by atoms with Crippen molar-refractivity contribution in [1.82, 2.24) is 15.1 Å². The molecular formula is C34H36ClN3O4. The predicted molar refractivity (Wildman–Crippen MR) is 162 cm³/mol. The Labute approximate surface area is 251 Å². The van der Waals surface area contributed by atoms with E-state index in [1.807, 2.05) is 42.5 Å². The molecular weight excluding hydrogens is 550 g/mol. The number of rotatable bonds is 11. The molecule has 4 amide bonds. The highest BCUT2D eigenvalue weighted by molar-refractivity contribution is 6.30. The van der Waals surface area contributed by atoms with Crippen LogP contribution in [0.15, 0.2) is 78.9 Å². The zero-order valence-electron chi connectivity index (χ0n) is 23.6. The number of carbonyl (C=O) groups excluding carboxylic acids is 4. The Bertz CT molecular complexity index is 1400. The number of carbonyl (C=O) groups is 4. The highest BCUT2D eigenvalue weighted by Crippen LogP contribution is 2.24. The number of amides is 4. The van der Waals surface area contributed by atoms with Gasteiger partial charge in [-0.1, -0.05) is 85.5 Å². The summed E-state index contributed by atoms with van der Waals surface area (Å²) in [5, 5.41) is 3.79. The largest absolute Gasteiger partial charge is 0.352 e. The summed E-state index contributed by atoms with van der Waals surface area (Å²) in [6.07, 6.45) is 5.94. The standard InChI is InChI=1S/C34H36ClN3O4/c35-26-14-9-13-25(21-26)23-38(31(39)19-10-20-37-33(41)28-17-7-8-18-29(28)34(37)42)30(22-24-11-3-1-4-12-24)32(40)36-27-15-5-2-6-16-27/h1,3-4,7-9,11-14,17-18,21,27,30H,2,5-6,10,15-16,19-20,22-23H2,(H,36,40)/t30-/m1/s1. The van der Waals surface area contributed by atoms with Gasteiger partial charge in [0, 0.05) is 37.0 Å². The average molecular weight is 586 g/mol. The summed E-state index contributed by atoms with van der Waals surface area (Å²) in [5.41, 5.74) is 2.55. The average Bonchev–Trinajstić information content (AvgIpc) is 3.25. The molecule has 42 heavy (non-hydrogen) atoms. The first-order chi connectivity index (χ1) is 20.4. The van der Waals surface area contributed by atoms with Crippen molar-refractivity contribution in [2.24, 2.45) is 0 Å². The molecule has 1 aliphatic heterocycles. The van der Waals surface area contributed by atoms with Gasteiger partial charge in [0.1, 0.15) is 6.04 Å². The third-order valence-corrected chi connectivity index (χ3v) is 8.35. The number of hydrogen-bond acceptors (Lipinski definition) is 4. The van der Waals surface area contributed by atoms with Crippen molar-refractivity contribution in [1.29, 1.82) is 0 Å². The Morgan fingerprint density at radius 3 is 2.17 bits per heavy atom. The number of hydrogen-bond donors (Lipinski definition) is 1. The second-order valence-electron chi connectivity index (χ2n) is 11.1. The molecule has 0 bridgehead atoms. The Morgan fingerprint density at radius 1 is 0.857 bits per heavy atom. The van der Waals surface area contributed by atoms with Crippen molar-refractivity contribution in [3.63, 3.8) is 0 Å². The third-order valence-electron chi connectivity index (χ3n) is 8.12. The maximum Gasteiger partial charge on any atom is 0.261 e. The zero-order chi connectivity index (χ0) is 29.5. The number of benzene rings is 3. The summed E-state index contributed by atoms with van der Waals surface area (Å²) in [6.45, 7) is 0.336. The summed E-state index contributed by atoms with van der Waals surface area (Å²) >= 11 is 6.28. The van der Waals surface area contributed by atoms with Crippen LogP contribution in [0.3, 0.4) is 0 Å². The van der Waals surface area contributed by atoms with Crippen LogP contribution >= 0.6 is 11.6 Å². The van der Waals surface area contributed by atoms with Gasteiger partial charge >= 0.3 is 0 Å². The summed E-state index contributed by atoms with van der Waals surface area (Å²) in [4.78, 5) is 56.3. The Balaban J connectivity index is 1.35. The maximum atomic E-state index is 13.9. The number of nitrogens with zero attached hydrogens (tertiary/aromatic N) is 2. The SMILES string of the molecule is O=C(NC1CCCCC1)[C@@H](Cc1ccccc1)N(Cc1cccc(Cl)c1)C(=O)CCCN1C(=O)c2ccccc2C1=O. The molecule has 1 fully saturated rings. The van der Waals surface area contributed by atoms with E-state index in [1.165, 1.54) is 11.3 Å². The van der Waals surface area contributed by atoms with Gasteiger partial charge in [-0.2, -0.15) is 0 Å². The fourth-order valence-corrected chi connectivity index (χ4v) is 6.12. The van der Waals surface area contributed by atoms with Crippen LogP contribution in [0.1, 0.15) is 76.8 Å². The Kier molecular flexibility index (Phi) is 9.70. The molecule has 0 unspecified atom stereocenters. The van der Waals surface area contributed by atoms with Crippen LogP contribution in [0.2, 0.25) is 5.02 Å². The van der Waals surface area contributed by atoms with E-state index in [-0.39, 0.29) is 49.2 Å². The molecule has 0 radical (unpaired) electrons. The van der Waals surface area contributed by atoms with E-state index in [9.17, 15) is 19.2 Å². The highest BCUT2D eigenvalue weighted by atomic mass is 35.5. The molecule has 0 spiro atoms. The Hall–Kier alpha value is -3.97. The lowest BCUT2D eigenvalue weighted by Gasteiger charge is -2.33. The molecule has 1 N–H and O–H groups in total. The Morgan fingerprint density at radius 2 is 1.50 bits per heavy atom. The minimum Gasteiger partial charge on any atom is -0.352 e. The van der Waals surface area contributed by atoms with E-state index in [0.717, 1.165) is 36.8 Å². The van der Waals surface area contributed by atoms with Crippen molar-refractivity contribution >= 4 is 35.2 Å². The van der Waals surface area contributed by atoms with Gasteiger partial charge < -0.3 is 10.2 Å². The molecule has 1 atom stereocenters. The minimum atomic E-state index is -0.736. The first-order valence-corrected chi connectivity index (χ1v) is 15.1. The van der Waals surface area contributed by atoms with Gasteiger partial charge in [-0.25, -0.2) is 0 Å².